The van der Waals surface area contributed by atoms with Crippen LogP contribution < -0.4 is 25.3 Å². The van der Waals surface area contributed by atoms with Gasteiger partial charge >= 0.3 is 0 Å². The molecule has 26 heavy (non-hydrogen) atoms. The Labute approximate surface area is 152 Å². The highest BCUT2D eigenvalue weighted by Gasteiger charge is 2.10. The second-order valence-corrected chi connectivity index (χ2v) is 5.73. The van der Waals surface area contributed by atoms with Gasteiger partial charge in [0, 0.05) is 11.8 Å². The summed E-state index contributed by atoms with van der Waals surface area (Å²) in [6.07, 6.45) is 0. The van der Waals surface area contributed by atoms with Gasteiger partial charge in [0.05, 0.1) is 7.11 Å². The first-order valence-electron chi connectivity index (χ1n) is 7.98. The Morgan fingerprint density at radius 2 is 1.65 bits per heavy atom. The minimum absolute atomic E-state index is 0.132. The van der Waals surface area contributed by atoms with Crippen molar-refractivity contribution in [2.24, 2.45) is 5.73 Å². The molecule has 0 aliphatic carbocycles. The standard InChI is InChI=1S/C19H22N2O5/c1-12-4-6-15(13(2)8-12)26-11-19(23)21-14-5-7-16(24-3)17(9-14)25-10-18(20)22/h4-9H,10-11H2,1-3H3,(H2,20,22)(H,21,23). The fraction of sp³-hybridized carbons (Fsp3) is 0.263. The van der Waals surface area contributed by atoms with Crippen molar-refractivity contribution < 1.29 is 23.8 Å². The van der Waals surface area contributed by atoms with Gasteiger partial charge in [0.1, 0.15) is 5.75 Å². The quantitative estimate of drug-likeness (QED) is 0.753. The Hall–Kier alpha value is -3.22. The van der Waals surface area contributed by atoms with E-state index in [9.17, 15) is 9.59 Å². The molecule has 0 aromatic heterocycles. The van der Waals surface area contributed by atoms with Gasteiger partial charge in [-0.05, 0) is 37.6 Å². The van der Waals surface area contributed by atoms with Crippen molar-refractivity contribution in [3.8, 4) is 17.2 Å². The Kier molecular flexibility index (Phi) is 6.43. The van der Waals surface area contributed by atoms with E-state index in [0.29, 0.717) is 22.9 Å². The maximum absolute atomic E-state index is 12.1. The van der Waals surface area contributed by atoms with Gasteiger partial charge in [-0.2, -0.15) is 0 Å². The van der Waals surface area contributed by atoms with Crippen LogP contribution in [-0.4, -0.2) is 32.1 Å². The number of nitrogens with two attached hydrogens (primary N) is 1. The molecule has 2 amide bonds. The first-order valence-corrected chi connectivity index (χ1v) is 7.98. The van der Waals surface area contributed by atoms with Crippen LogP contribution in [0.25, 0.3) is 0 Å². The molecule has 0 spiro atoms. The molecule has 0 saturated heterocycles. The molecule has 0 radical (unpaired) electrons. The molecule has 2 rings (SSSR count). The highest BCUT2D eigenvalue weighted by Crippen LogP contribution is 2.30. The van der Waals surface area contributed by atoms with Crippen LogP contribution in [0.5, 0.6) is 17.2 Å². The number of hydrogen-bond acceptors (Lipinski definition) is 5. The third kappa shape index (κ3) is 5.41. The van der Waals surface area contributed by atoms with Gasteiger partial charge < -0.3 is 25.3 Å². The molecule has 3 N–H and O–H groups in total. The van der Waals surface area contributed by atoms with E-state index in [-0.39, 0.29) is 19.1 Å². The van der Waals surface area contributed by atoms with Crippen molar-refractivity contribution in [3.63, 3.8) is 0 Å². The van der Waals surface area contributed by atoms with Crippen LogP contribution >= 0.6 is 0 Å². The predicted molar refractivity (Wildman–Crippen MR) is 97.7 cm³/mol. The topological polar surface area (TPSA) is 99.9 Å². The third-order valence-corrected chi connectivity index (χ3v) is 3.51. The summed E-state index contributed by atoms with van der Waals surface area (Å²) >= 11 is 0. The number of hydrogen-bond donors (Lipinski definition) is 2. The van der Waals surface area contributed by atoms with Crippen LogP contribution in [0.15, 0.2) is 36.4 Å². The van der Waals surface area contributed by atoms with Crippen LogP contribution in [-0.2, 0) is 9.59 Å². The highest BCUT2D eigenvalue weighted by molar-refractivity contribution is 5.92. The molecule has 0 unspecified atom stereocenters. The van der Waals surface area contributed by atoms with E-state index in [1.807, 2.05) is 32.0 Å². The Morgan fingerprint density at radius 1 is 0.962 bits per heavy atom. The van der Waals surface area contributed by atoms with Crippen molar-refractivity contribution >= 4 is 17.5 Å². The molecular formula is C19H22N2O5. The van der Waals surface area contributed by atoms with Crippen LogP contribution in [0.3, 0.4) is 0 Å². The van der Waals surface area contributed by atoms with Gasteiger partial charge in [-0.3, -0.25) is 9.59 Å². The van der Waals surface area contributed by atoms with Crippen LogP contribution in [0.4, 0.5) is 5.69 Å². The molecule has 7 nitrogen and oxygen atoms in total. The van der Waals surface area contributed by atoms with Gasteiger partial charge in [0.15, 0.2) is 24.7 Å². The zero-order valence-electron chi connectivity index (χ0n) is 15.0. The van der Waals surface area contributed by atoms with Gasteiger partial charge in [0.2, 0.25) is 0 Å². The van der Waals surface area contributed by atoms with Crippen molar-refractivity contribution in [3.05, 3.63) is 47.5 Å². The lowest BCUT2D eigenvalue weighted by molar-refractivity contribution is -0.120. The number of primary amides is 1. The molecule has 2 aromatic rings. The minimum atomic E-state index is -0.608. The molecule has 0 heterocycles. The van der Waals surface area contributed by atoms with Gasteiger partial charge in [-0.25, -0.2) is 0 Å². The van der Waals surface area contributed by atoms with Crippen molar-refractivity contribution in [2.45, 2.75) is 13.8 Å². The van der Waals surface area contributed by atoms with E-state index in [1.165, 1.54) is 7.11 Å². The number of amides is 2. The number of methoxy groups -OCH3 is 1. The van der Waals surface area contributed by atoms with E-state index in [4.69, 9.17) is 19.9 Å². The second kappa shape index (κ2) is 8.75. The lowest BCUT2D eigenvalue weighted by Gasteiger charge is -2.13. The lowest BCUT2D eigenvalue weighted by Crippen LogP contribution is -2.21. The number of nitrogens with one attached hydrogen (secondary N) is 1. The number of anilines is 1. The van der Waals surface area contributed by atoms with E-state index in [0.717, 1.165) is 11.1 Å². The zero-order valence-corrected chi connectivity index (χ0v) is 15.0. The van der Waals surface area contributed by atoms with E-state index < -0.39 is 5.91 Å². The Morgan fingerprint density at radius 3 is 2.31 bits per heavy atom. The normalized spacial score (nSPS) is 10.1. The number of rotatable bonds is 8. The van der Waals surface area contributed by atoms with Gasteiger partial charge in [0.25, 0.3) is 11.8 Å². The summed E-state index contributed by atoms with van der Waals surface area (Å²) in [5, 5.41) is 2.71. The molecule has 2 aromatic carbocycles. The lowest BCUT2D eigenvalue weighted by atomic mass is 10.1. The number of aryl methyl sites for hydroxylation is 2. The third-order valence-electron chi connectivity index (χ3n) is 3.51. The SMILES string of the molecule is COc1ccc(NC(=O)COc2ccc(C)cc2C)cc1OCC(N)=O. The monoisotopic (exact) mass is 358 g/mol. The predicted octanol–water partition coefficient (Wildman–Crippen LogP) is 2.19. The van der Waals surface area contributed by atoms with Gasteiger partial charge in [-0.15, -0.1) is 0 Å². The highest BCUT2D eigenvalue weighted by atomic mass is 16.5. The molecule has 0 atom stereocenters. The van der Waals surface area contributed by atoms with E-state index in [1.54, 1.807) is 18.2 Å². The van der Waals surface area contributed by atoms with Crippen molar-refractivity contribution in [2.75, 3.05) is 25.6 Å². The van der Waals surface area contributed by atoms with Crippen LogP contribution in [0.2, 0.25) is 0 Å². The average Bonchev–Trinajstić information content (AvgIpc) is 2.59. The molecule has 0 aliphatic rings. The number of benzene rings is 2. The maximum atomic E-state index is 12.1. The molecule has 0 bridgehead atoms. The van der Waals surface area contributed by atoms with Crippen LogP contribution in [0, 0.1) is 13.8 Å². The molecule has 0 saturated carbocycles. The summed E-state index contributed by atoms with van der Waals surface area (Å²) < 4.78 is 16.0. The number of carbonyl (C=O) groups is 2. The zero-order chi connectivity index (χ0) is 19.1. The summed E-state index contributed by atoms with van der Waals surface area (Å²) in [4.78, 5) is 23.0. The largest absolute Gasteiger partial charge is 0.493 e. The van der Waals surface area contributed by atoms with Crippen molar-refractivity contribution in [1.82, 2.24) is 0 Å². The fourth-order valence-electron chi connectivity index (χ4n) is 2.32. The first-order chi connectivity index (χ1) is 12.4. The van der Waals surface area contributed by atoms with Crippen LogP contribution in [0.1, 0.15) is 11.1 Å². The van der Waals surface area contributed by atoms with Gasteiger partial charge in [-0.1, -0.05) is 17.7 Å². The molecule has 0 aliphatic heterocycles. The minimum Gasteiger partial charge on any atom is -0.493 e. The summed E-state index contributed by atoms with van der Waals surface area (Å²) in [5.41, 5.74) is 7.65. The second-order valence-electron chi connectivity index (χ2n) is 5.73. The first kappa shape index (κ1) is 19.1. The van der Waals surface area contributed by atoms with E-state index in [2.05, 4.69) is 5.32 Å². The molecule has 7 heteroatoms. The summed E-state index contributed by atoms with van der Waals surface area (Å²) in [6, 6.07) is 10.6. The smallest absolute Gasteiger partial charge is 0.262 e. The maximum Gasteiger partial charge on any atom is 0.262 e. The summed E-state index contributed by atoms with van der Waals surface area (Å²) in [7, 11) is 1.47. The van der Waals surface area contributed by atoms with Crippen molar-refractivity contribution in [1.29, 1.82) is 0 Å². The number of ether oxygens (including phenoxy) is 3. The Bertz CT molecular complexity index is 805. The Balaban J connectivity index is 1.99. The summed E-state index contributed by atoms with van der Waals surface area (Å²) in [5.74, 6) is 0.459. The fourth-order valence-corrected chi connectivity index (χ4v) is 2.32. The molecule has 0 fully saturated rings. The number of carbonyl (C=O) groups excluding carboxylic acids is 2. The average molecular weight is 358 g/mol. The van der Waals surface area contributed by atoms with E-state index >= 15 is 0 Å². The molecule has 138 valence electrons. The summed E-state index contributed by atoms with van der Waals surface area (Å²) in [6.45, 7) is 3.49. The molecular weight excluding hydrogens is 336 g/mol.